The Morgan fingerprint density at radius 2 is 1.95 bits per heavy atom. The van der Waals surface area contributed by atoms with E-state index < -0.39 is 5.97 Å². The predicted octanol–water partition coefficient (Wildman–Crippen LogP) is 3.37. The third-order valence-electron chi connectivity index (χ3n) is 2.98. The third kappa shape index (κ3) is 3.29. The van der Waals surface area contributed by atoms with Gasteiger partial charge in [-0.1, -0.05) is 24.3 Å². The summed E-state index contributed by atoms with van der Waals surface area (Å²) in [5.74, 6) is -0.129. The number of rotatable bonds is 5. The zero-order chi connectivity index (χ0) is 14.5. The molecule has 0 aliphatic rings. The van der Waals surface area contributed by atoms with E-state index in [1.807, 2.05) is 43.3 Å². The number of benzene rings is 2. The molecule has 0 amide bonds. The second kappa shape index (κ2) is 6.10. The Hall–Kier alpha value is -2.49. The molecular formula is C16H17NO3. The van der Waals surface area contributed by atoms with E-state index in [0.717, 1.165) is 28.3 Å². The zero-order valence-corrected chi connectivity index (χ0v) is 11.5. The zero-order valence-electron chi connectivity index (χ0n) is 11.5. The van der Waals surface area contributed by atoms with Crippen molar-refractivity contribution in [3.63, 3.8) is 0 Å². The molecule has 0 spiro atoms. The molecule has 2 aromatic rings. The minimum absolute atomic E-state index is 0.0166. The fourth-order valence-corrected chi connectivity index (χ4v) is 2.02. The Balaban J connectivity index is 2.34. The van der Waals surface area contributed by atoms with Crippen molar-refractivity contribution in [3.8, 4) is 5.75 Å². The average molecular weight is 271 g/mol. The van der Waals surface area contributed by atoms with E-state index in [1.165, 1.54) is 0 Å². The summed E-state index contributed by atoms with van der Waals surface area (Å²) in [5.41, 5.74) is 3.44. The molecule has 0 bridgehead atoms. The van der Waals surface area contributed by atoms with Gasteiger partial charge in [-0.15, -0.1) is 0 Å². The summed E-state index contributed by atoms with van der Waals surface area (Å²) in [6, 6.07) is 13.2. The fourth-order valence-electron chi connectivity index (χ4n) is 2.02. The second-order valence-electron chi connectivity index (χ2n) is 4.56. The molecule has 2 rings (SSSR count). The number of aryl methyl sites for hydroxylation is 1. The molecular weight excluding hydrogens is 254 g/mol. The van der Waals surface area contributed by atoms with Gasteiger partial charge in [0.25, 0.3) is 0 Å². The highest BCUT2D eigenvalue weighted by atomic mass is 16.5. The fraction of sp³-hybridized carbons (Fsp3) is 0.188. The van der Waals surface area contributed by atoms with Crippen LogP contribution in [0.5, 0.6) is 5.75 Å². The number of anilines is 2. The molecule has 0 atom stereocenters. The summed E-state index contributed by atoms with van der Waals surface area (Å²) in [5, 5.41) is 12.2. The van der Waals surface area contributed by atoms with Gasteiger partial charge in [0.1, 0.15) is 5.75 Å². The molecule has 0 fully saturated rings. The molecule has 2 N–H and O–H groups in total. The summed E-state index contributed by atoms with van der Waals surface area (Å²) in [7, 11) is 1.61. The summed E-state index contributed by atoms with van der Waals surface area (Å²) in [6.45, 7) is 1.99. The molecule has 0 aliphatic heterocycles. The summed E-state index contributed by atoms with van der Waals surface area (Å²) in [4.78, 5) is 10.9. The number of carboxylic acids is 1. The molecule has 0 unspecified atom stereocenters. The molecule has 0 aliphatic carbocycles. The maximum Gasteiger partial charge on any atom is 0.307 e. The largest absolute Gasteiger partial charge is 0.495 e. The van der Waals surface area contributed by atoms with Crippen LogP contribution in [0, 0.1) is 6.92 Å². The van der Waals surface area contributed by atoms with Crippen molar-refractivity contribution in [1.29, 1.82) is 0 Å². The highest BCUT2D eigenvalue weighted by Gasteiger charge is 2.09. The van der Waals surface area contributed by atoms with Gasteiger partial charge in [-0.25, -0.2) is 0 Å². The van der Waals surface area contributed by atoms with Crippen LogP contribution in [0.15, 0.2) is 42.5 Å². The number of methoxy groups -OCH3 is 1. The highest BCUT2D eigenvalue weighted by molar-refractivity contribution is 5.76. The van der Waals surface area contributed by atoms with Crippen LogP contribution >= 0.6 is 0 Å². The van der Waals surface area contributed by atoms with Gasteiger partial charge in [-0.2, -0.15) is 0 Å². The van der Waals surface area contributed by atoms with Crippen molar-refractivity contribution in [2.24, 2.45) is 0 Å². The number of nitrogens with one attached hydrogen (secondary N) is 1. The van der Waals surface area contributed by atoms with Crippen LogP contribution in [-0.2, 0) is 11.2 Å². The minimum Gasteiger partial charge on any atom is -0.495 e. The first-order chi connectivity index (χ1) is 9.60. The molecule has 0 radical (unpaired) electrons. The van der Waals surface area contributed by atoms with Crippen LogP contribution < -0.4 is 10.1 Å². The lowest BCUT2D eigenvalue weighted by Gasteiger charge is -2.14. The lowest BCUT2D eigenvalue weighted by molar-refractivity contribution is -0.136. The average Bonchev–Trinajstić information content (AvgIpc) is 2.41. The number of hydrogen-bond acceptors (Lipinski definition) is 3. The van der Waals surface area contributed by atoms with E-state index in [2.05, 4.69) is 5.32 Å². The number of carboxylic acid groups (broad SMARTS) is 1. The first-order valence-electron chi connectivity index (χ1n) is 6.31. The number of aliphatic carboxylic acids is 1. The second-order valence-corrected chi connectivity index (χ2v) is 4.56. The Bertz CT molecular complexity index is 623. The number of ether oxygens (including phenoxy) is 1. The van der Waals surface area contributed by atoms with Crippen molar-refractivity contribution in [2.45, 2.75) is 13.3 Å². The maximum atomic E-state index is 10.9. The lowest BCUT2D eigenvalue weighted by Crippen LogP contribution is -2.04. The third-order valence-corrected chi connectivity index (χ3v) is 2.98. The monoisotopic (exact) mass is 271 g/mol. The van der Waals surface area contributed by atoms with Gasteiger partial charge < -0.3 is 15.2 Å². The number of hydrogen-bond donors (Lipinski definition) is 2. The summed E-state index contributed by atoms with van der Waals surface area (Å²) < 4.78 is 5.31. The molecule has 4 heteroatoms. The van der Waals surface area contributed by atoms with Crippen molar-refractivity contribution >= 4 is 17.3 Å². The maximum absolute atomic E-state index is 10.9. The lowest BCUT2D eigenvalue weighted by atomic mass is 10.1. The normalized spacial score (nSPS) is 10.1. The van der Waals surface area contributed by atoms with Crippen LogP contribution in [0.4, 0.5) is 11.4 Å². The van der Waals surface area contributed by atoms with Gasteiger partial charge in [0.15, 0.2) is 0 Å². The van der Waals surface area contributed by atoms with Gasteiger partial charge in [-0.3, -0.25) is 4.79 Å². The number of para-hydroxylation sites is 1. The molecule has 20 heavy (non-hydrogen) atoms. The Morgan fingerprint density at radius 1 is 1.20 bits per heavy atom. The van der Waals surface area contributed by atoms with Crippen LogP contribution in [-0.4, -0.2) is 18.2 Å². The molecule has 2 aromatic carbocycles. The van der Waals surface area contributed by atoms with Crippen LogP contribution in [0.3, 0.4) is 0 Å². The van der Waals surface area contributed by atoms with Crippen molar-refractivity contribution in [3.05, 3.63) is 53.6 Å². The molecule has 0 saturated heterocycles. The quantitative estimate of drug-likeness (QED) is 0.875. The molecule has 0 aromatic heterocycles. The highest BCUT2D eigenvalue weighted by Crippen LogP contribution is 2.30. The Kier molecular flexibility index (Phi) is 4.25. The van der Waals surface area contributed by atoms with Crippen molar-refractivity contribution in [2.75, 3.05) is 12.4 Å². The molecule has 4 nitrogen and oxygen atoms in total. The van der Waals surface area contributed by atoms with Crippen LogP contribution in [0.1, 0.15) is 11.1 Å². The van der Waals surface area contributed by atoms with E-state index in [0.29, 0.717) is 0 Å². The molecule has 104 valence electrons. The van der Waals surface area contributed by atoms with Gasteiger partial charge in [0.05, 0.1) is 19.2 Å². The molecule has 0 heterocycles. The van der Waals surface area contributed by atoms with E-state index in [-0.39, 0.29) is 6.42 Å². The van der Waals surface area contributed by atoms with Crippen molar-refractivity contribution < 1.29 is 14.6 Å². The van der Waals surface area contributed by atoms with Crippen LogP contribution in [0.2, 0.25) is 0 Å². The van der Waals surface area contributed by atoms with E-state index in [4.69, 9.17) is 9.84 Å². The first kappa shape index (κ1) is 13.9. The Morgan fingerprint density at radius 3 is 2.65 bits per heavy atom. The van der Waals surface area contributed by atoms with E-state index in [1.54, 1.807) is 13.2 Å². The van der Waals surface area contributed by atoms with E-state index in [9.17, 15) is 4.79 Å². The van der Waals surface area contributed by atoms with Gasteiger partial charge in [-0.05, 0) is 36.2 Å². The minimum atomic E-state index is -0.851. The Labute approximate surface area is 118 Å². The van der Waals surface area contributed by atoms with Gasteiger partial charge in [0, 0.05) is 5.69 Å². The first-order valence-corrected chi connectivity index (χ1v) is 6.31. The van der Waals surface area contributed by atoms with E-state index >= 15 is 0 Å². The number of carbonyl (C=O) groups is 1. The topological polar surface area (TPSA) is 58.6 Å². The SMILES string of the molecule is COc1ccc(C)cc1Nc1ccccc1CC(=O)O. The van der Waals surface area contributed by atoms with Gasteiger partial charge >= 0.3 is 5.97 Å². The van der Waals surface area contributed by atoms with Crippen LogP contribution in [0.25, 0.3) is 0 Å². The predicted molar refractivity (Wildman–Crippen MR) is 78.8 cm³/mol. The van der Waals surface area contributed by atoms with Crippen molar-refractivity contribution in [1.82, 2.24) is 0 Å². The molecule has 0 saturated carbocycles. The smallest absolute Gasteiger partial charge is 0.307 e. The standard InChI is InChI=1S/C16H17NO3/c1-11-7-8-15(20-2)14(9-11)17-13-6-4-3-5-12(13)10-16(18)19/h3-9,17H,10H2,1-2H3,(H,18,19). The summed E-state index contributed by atoms with van der Waals surface area (Å²) in [6.07, 6.45) is -0.0166. The van der Waals surface area contributed by atoms with Gasteiger partial charge in [0.2, 0.25) is 0 Å². The summed E-state index contributed by atoms with van der Waals surface area (Å²) >= 11 is 0.